The summed E-state index contributed by atoms with van der Waals surface area (Å²) in [5.41, 5.74) is 2.90. The van der Waals surface area contributed by atoms with Gasteiger partial charge in [-0.25, -0.2) is 14.4 Å². The third kappa shape index (κ3) is 17.3. The van der Waals surface area contributed by atoms with Crippen molar-refractivity contribution in [3.63, 3.8) is 0 Å². The molecule has 0 amide bonds. The number of nitrogens with zero attached hydrogens (tertiary/aromatic N) is 1. The standard InChI is InChI=1S/C19H18O4S.C19H20O4.C17H27NO2/c1-3-12(2)23-18(20)11-22-13-8-9-17-15(10-13)19(21)14-6-4-5-7-16(14)24-17;1-3-14(2)23-18(20)13-22-17-11-9-16(10-12-17)19(21)15-7-5-4-6-8-15;1-5-7-8-14(6-2)13-20-17(19)15-9-11-16(12-10-15)18(3)4/h4-10,12H,3,11H2,1-2H3;4-12,14H,3,13H2,1-2H3;9-12,14H,5-8,13H2,1-4H3. The number of hydrogen-bond acceptors (Lipinski definition) is 12. The van der Waals surface area contributed by atoms with Gasteiger partial charge >= 0.3 is 17.9 Å². The molecule has 5 aromatic carbocycles. The first kappa shape index (κ1) is 53.1. The number of unbranched alkanes of at least 4 members (excludes halogenated alkanes) is 1. The fraction of sp³-hybridized carbons (Fsp3) is 0.364. The van der Waals surface area contributed by atoms with Crippen molar-refractivity contribution < 1.29 is 42.9 Å². The van der Waals surface area contributed by atoms with Crippen LogP contribution in [0.15, 0.2) is 126 Å². The van der Waals surface area contributed by atoms with Crippen molar-refractivity contribution >= 4 is 60.9 Å². The summed E-state index contributed by atoms with van der Waals surface area (Å²) in [5, 5.41) is 1.30. The van der Waals surface area contributed by atoms with Crippen molar-refractivity contribution in [3.05, 3.63) is 148 Å². The van der Waals surface area contributed by atoms with Crippen molar-refractivity contribution in [1.82, 2.24) is 0 Å². The van der Waals surface area contributed by atoms with Crippen LogP contribution in [-0.2, 0) is 23.8 Å². The molecule has 0 radical (unpaired) electrons. The molecule has 356 valence electrons. The van der Waals surface area contributed by atoms with Crippen molar-refractivity contribution in [2.45, 2.75) is 92.3 Å². The molecular weight excluding hydrogens is 867 g/mol. The quantitative estimate of drug-likeness (QED) is 0.0313. The van der Waals surface area contributed by atoms with E-state index in [1.807, 2.05) is 119 Å². The van der Waals surface area contributed by atoms with E-state index in [-0.39, 0.29) is 42.6 Å². The predicted molar refractivity (Wildman–Crippen MR) is 269 cm³/mol. The van der Waals surface area contributed by atoms with E-state index in [4.69, 9.17) is 23.7 Å². The molecule has 0 bridgehead atoms. The topological polar surface area (TPSA) is 135 Å². The molecule has 3 unspecified atom stereocenters. The second-order valence-corrected chi connectivity index (χ2v) is 17.3. The minimum absolute atomic E-state index is 0.0213. The summed E-state index contributed by atoms with van der Waals surface area (Å²) in [7, 11) is 3.96. The second kappa shape index (κ2) is 27.8. The first-order valence-corrected chi connectivity index (χ1v) is 23.8. The van der Waals surface area contributed by atoms with E-state index in [0.717, 1.165) is 40.8 Å². The average Bonchev–Trinajstić information content (AvgIpc) is 3.35. The molecule has 6 aromatic rings. The highest BCUT2D eigenvalue weighted by atomic mass is 32.1. The van der Waals surface area contributed by atoms with Gasteiger partial charge in [-0.1, -0.05) is 89.4 Å². The van der Waals surface area contributed by atoms with Gasteiger partial charge in [-0.15, -0.1) is 11.3 Å². The summed E-state index contributed by atoms with van der Waals surface area (Å²) in [6.45, 7) is 12.1. The molecular formula is C55H65NO10S. The van der Waals surface area contributed by atoms with Gasteiger partial charge < -0.3 is 28.6 Å². The van der Waals surface area contributed by atoms with Gasteiger partial charge in [0, 0.05) is 51.1 Å². The number of ketones is 1. The molecule has 0 aliphatic carbocycles. The fourth-order valence-corrected chi connectivity index (χ4v) is 7.42. The van der Waals surface area contributed by atoms with Crippen LogP contribution in [0.2, 0.25) is 0 Å². The van der Waals surface area contributed by atoms with Gasteiger partial charge in [0.2, 0.25) is 0 Å². The lowest BCUT2D eigenvalue weighted by atomic mass is 10.0. The van der Waals surface area contributed by atoms with Gasteiger partial charge in [0.25, 0.3) is 0 Å². The van der Waals surface area contributed by atoms with E-state index in [0.29, 0.717) is 51.5 Å². The maximum Gasteiger partial charge on any atom is 0.344 e. The highest BCUT2D eigenvalue weighted by molar-refractivity contribution is 7.24. The van der Waals surface area contributed by atoms with E-state index >= 15 is 0 Å². The van der Waals surface area contributed by atoms with Crippen molar-refractivity contribution in [1.29, 1.82) is 0 Å². The van der Waals surface area contributed by atoms with Gasteiger partial charge in [-0.2, -0.15) is 0 Å². The summed E-state index contributed by atoms with van der Waals surface area (Å²) in [4.78, 5) is 62.1. The molecule has 67 heavy (non-hydrogen) atoms. The Kier molecular flexibility index (Phi) is 22.1. The molecule has 0 aliphatic heterocycles. The molecule has 1 aromatic heterocycles. The predicted octanol–water partition coefficient (Wildman–Crippen LogP) is 11.9. The van der Waals surface area contributed by atoms with E-state index in [1.54, 1.807) is 59.9 Å². The molecule has 0 fully saturated rings. The Bertz CT molecular complexity index is 2540. The number of carbonyl (C=O) groups excluding carboxylic acids is 4. The third-order valence-electron chi connectivity index (χ3n) is 10.8. The number of rotatable bonds is 20. The van der Waals surface area contributed by atoms with Gasteiger partial charge in [0.1, 0.15) is 11.5 Å². The Labute approximate surface area is 399 Å². The normalized spacial score (nSPS) is 11.9. The Hall–Kier alpha value is -6.53. The zero-order chi connectivity index (χ0) is 48.7. The minimum atomic E-state index is -0.409. The lowest BCUT2D eigenvalue weighted by Gasteiger charge is -2.15. The number of benzene rings is 5. The van der Waals surface area contributed by atoms with Gasteiger partial charge in [0.15, 0.2) is 24.4 Å². The largest absolute Gasteiger partial charge is 0.482 e. The molecule has 0 saturated heterocycles. The van der Waals surface area contributed by atoms with E-state index in [9.17, 15) is 24.0 Å². The second-order valence-electron chi connectivity index (χ2n) is 16.3. The SMILES string of the molecule is CCC(C)OC(=O)COc1ccc(C(=O)c2ccccc2)cc1.CCC(C)OC(=O)COc1ccc2sc3ccccc3c(=O)c2c1.CCCCC(CC)COC(=O)c1ccc(N(C)C)cc1. The van der Waals surface area contributed by atoms with Crippen molar-refractivity contribution in [2.24, 2.45) is 5.92 Å². The summed E-state index contributed by atoms with van der Waals surface area (Å²) >= 11 is 1.56. The highest BCUT2D eigenvalue weighted by Crippen LogP contribution is 2.27. The maximum atomic E-state index is 12.6. The smallest absolute Gasteiger partial charge is 0.344 e. The highest BCUT2D eigenvalue weighted by Gasteiger charge is 2.14. The van der Waals surface area contributed by atoms with Gasteiger partial charge in [0.05, 0.1) is 24.4 Å². The third-order valence-corrected chi connectivity index (χ3v) is 12.0. The number of ether oxygens (including phenoxy) is 5. The van der Waals surface area contributed by atoms with Gasteiger partial charge in [-0.3, -0.25) is 9.59 Å². The van der Waals surface area contributed by atoms with E-state index in [1.165, 1.54) is 12.8 Å². The molecule has 0 saturated carbocycles. The molecule has 1 heterocycles. The zero-order valence-corrected chi connectivity index (χ0v) is 40.9. The van der Waals surface area contributed by atoms with Crippen LogP contribution < -0.4 is 19.8 Å². The molecule has 0 spiro atoms. The van der Waals surface area contributed by atoms with Gasteiger partial charge in [-0.05, 0) is 118 Å². The number of anilines is 1. The molecule has 0 N–H and O–H groups in total. The zero-order valence-electron chi connectivity index (χ0n) is 40.1. The van der Waals surface area contributed by atoms with E-state index in [2.05, 4.69) is 13.8 Å². The van der Waals surface area contributed by atoms with Crippen LogP contribution in [0.4, 0.5) is 5.69 Å². The monoisotopic (exact) mass is 931 g/mol. The van der Waals surface area contributed by atoms with Crippen LogP contribution in [0.1, 0.15) is 106 Å². The first-order chi connectivity index (χ1) is 32.3. The van der Waals surface area contributed by atoms with Crippen molar-refractivity contribution in [2.75, 3.05) is 38.8 Å². The Balaban J connectivity index is 0.000000221. The molecule has 0 aliphatic rings. The number of esters is 3. The maximum absolute atomic E-state index is 12.6. The van der Waals surface area contributed by atoms with Crippen molar-refractivity contribution in [3.8, 4) is 11.5 Å². The Morgan fingerprint density at radius 3 is 1.72 bits per heavy atom. The molecule has 12 heteroatoms. The summed E-state index contributed by atoms with van der Waals surface area (Å²) in [6, 6.07) is 36.2. The van der Waals surface area contributed by atoms with Crippen LogP contribution in [0.3, 0.4) is 0 Å². The number of fused-ring (bicyclic) bond motifs is 2. The summed E-state index contributed by atoms with van der Waals surface area (Å²) in [6.07, 6.45) is 5.88. The Morgan fingerprint density at radius 1 is 0.597 bits per heavy atom. The van der Waals surface area contributed by atoms with Crippen LogP contribution in [0.5, 0.6) is 11.5 Å². The number of carbonyl (C=O) groups is 4. The summed E-state index contributed by atoms with van der Waals surface area (Å²) in [5.74, 6) is 0.425. The average molecular weight is 932 g/mol. The van der Waals surface area contributed by atoms with Crippen LogP contribution >= 0.6 is 11.3 Å². The van der Waals surface area contributed by atoms with Crippen LogP contribution in [-0.4, -0.2) is 69.8 Å². The fourth-order valence-electron chi connectivity index (χ4n) is 6.37. The summed E-state index contributed by atoms with van der Waals surface area (Å²) < 4.78 is 28.4. The molecule has 6 rings (SSSR count). The lowest BCUT2D eigenvalue weighted by Crippen LogP contribution is -2.20. The minimum Gasteiger partial charge on any atom is -0.482 e. The molecule has 11 nitrogen and oxygen atoms in total. The first-order valence-electron chi connectivity index (χ1n) is 23.0. The number of hydrogen-bond donors (Lipinski definition) is 0. The molecule has 3 atom stereocenters. The lowest BCUT2D eigenvalue weighted by molar-refractivity contribution is -0.151. The van der Waals surface area contributed by atoms with Crippen LogP contribution in [0, 0.1) is 5.92 Å². The van der Waals surface area contributed by atoms with Crippen LogP contribution in [0.25, 0.3) is 20.2 Å². The van der Waals surface area contributed by atoms with E-state index < -0.39 is 11.9 Å². The Morgan fingerprint density at radius 2 is 1.13 bits per heavy atom.